The standard InChI is InChI=1S/C16H20N2O2/c1-4-10-17-14(19)16(8-9-16)15(20)18-13-7-5-6-11(2)12(13)3/h4-7H,1,8-10H2,2-3H3,(H,17,19)(H,18,20). The number of anilines is 1. The summed E-state index contributed by atoms with van der Waals surface area (Å²) in [7, 11) is 0. The summed E-state index contributed by atoms with van der Waals surface area (Å²) in [6, 6.07) is 5.75. The van der Waals surface area contributed by atoms with Gasteiger partial charge in [-0.05, 0) is 43.9 Å². The lowest BCUT2D eigenvalue weighted by molar-refractivity contribution is -0.134. The molecule has 0 bridgehead atoms. The largest absolute Gasteiger partial charge is 0.352 e. The zero-order valence-corrected chi connectivity index (χ0v) is 12.0. The van der Waals surface area contributed by atoms with E-state index < -0.39 is 5.41 Å². The second-order valence-corrected chi connectivity index (χ2v) is 5.28. The van der Waals surface area contributed by atoms with Crippen molar-refractivity contribution in [1.82, 2.24) is 5.32 Å². The van der Waals surface area contributed by atoms with E-state index in [1.165, 1.54) is 0 Å². The minimum atomic E-state index is -0.890. The second-order valence-electron chi connectivity index (χ2n) is 5.28. The number of hydrogen-bond acceptors (Lipinski definition) is 2. The van der Waals surface area contributed by atoms with Crippen LogP contribution in [0.5, 0.6) is 0 Å². The molecule has 106 valence electrons. The number of nitrogens with one attached hydrogen (secondary N) is 2. The van der Waals surface area contributed by atoms with Gasteiger partial charge in [-0.2, -0.15) is 0 Å². The molecule has 1 saturated carbocycles. The summed E-state index contributed by atoms with van der Waals surface area (Å²) in [5, 5.41) is 5.60. The minimum absolute atomic E-state index is 0.208. The maximum Gasteiger partial charge on any atom is 0.240 e. The van der Waals surface area contributed by atoms with Crippen LogP contribution in [0.1, 0.15) is 24.0 Å². The van der Waals surface area contributed by atoms with Crippen molar-refractivity contribution < 1.29 is 9.59 Å². The van der Waals surface area contributed by atoms with Crippen molar-refractivity contribution in [3.05, 3.63) is 42.0 Å². The van der Waals surface area contributed by atoms with E-state index in [-0.39, 0.29) is 11.8 Å². The molecular formula is C16H20N2O2. The topological polar surface area (TPSA) is 58.2 Å². The normalized spacial score (nSPS) is 15.3. The molecule has 4 nitrogen and oxygen atoms in total. The van der Waals surface area contributed by atoms with E-state index in [1.807, 2.05) is 32.0 Å². The van der Waals surface area contributed by atoms with Crippen molar-refractivity contribution in [2.45, 2.75) is 26.7 Å². The van der Waals surface area contributed by atoms with Crippen molar-refractivity contribution in [3.63, 3.8) is 0 Å². The Labute approximate surface area is 119 Å². The van der Waals surface area contributed by atoms with Crippen molar-refractivity contribution >= 4 is 17.5 Å². The molecule has 1 aliphatic rings. The number of carbonyl (C=O) groups is 2. The molecule has 0 heterocycles. The highest BCUT2D eigenvalue weighted by molar-refractivity contribution is 6.13. The average Bonchev–Trinajstić information content (AvgIpc) is 3.23. The fraction of sp³-hybridized carbons (Fsp3) is 0.375. The summed E-state index contributed by atoms with van der Waals surface area (Å²) < 4.78 is 0. The third kappa shape index (κ3) is 2.59. The van der Waals surface area contributed by atoms with Gasteiger partial charge < -0.3 is 10.6 Å². The van der Waals surface area contributed by atoms with Crippen LogP contribution < -0.4 is 10.6 Å². The van der Waals surface area contributed by atoms with Crippen LogP contribution in [0.15, 0.2) is 30.9 Å². The Morgan fingerprint density at radius 2 is 2.00 bits per heavy atom. The van der Waals surface area contributed by atoms with E-state index in [1.54, 1.807) is 6.08 Å². The molecule has 2 amide bonds. The van der Waals surface area contributed by atoms with Crippen molar-refractivity contribution in [2.75, 3.05) is 11.9 Å². The summed E-state index contributed by atoms with van der Waals surface area (Å²) >= 11 is 0. The molecule has 0 aromatic heterocycles. The van der Waals surface area contributed by atoms with Crippen LogP contribution in [-0.4, -0.2) is 18.4 Å². The van der Waals surface area contributed by atoms with E-state index in [0.29, 0.717) is 19.4 Å². The summed E-state index contributed by atoms with van der Waals surface area (Å²) in [5.41, 5.74) is 2.03. The number of carbonyl (C=O) groups excluding carboxylic acids is 2. The Morgan fingerprint density at radius 3 is 2.60 bits per heavy atom. The molecule has 4 heteroatoms. The first kappa shape index (κ1) is 14.3. The van der Waals surface area contributed by atoms with E-state index >= 15 is 0 Å². The van der Waals surface area contributed by atoms with Crippen LogP contribution in [0, 0.1) is 19.3 Å². The molecule has 1 aliphatic carbocycles. The molecule has 2 N–H and O–H groups in total. The van der Waals surface area contributed by atoms with Crippen molar-refractivity contribution in [2.24, 2.45) is 5.41 Å². The minimum Gasteiger partial charge on any atom is -0.352 e. The average molecular weight is 272 g/mol. The lowest BCUT2D eigenvalue weighted by Gasteiger charge is -2.16. The predicted molar refractivity (Wildman–Crippen MR) is 79.4 cm³/mol. The van der Waals surface area contributed by atoms with Gasteiger partial charge in [0.25, 0.3) is 0 Å². The Hall–Kier alpha value is -2.10. The predicted octanol–water partition coefficient (Wildman–Crippen LogP) is 2.32. The smallest absolute Gasteiger partial charge is 0.240 e. The van der Waals surface area contributed by atoms with Gasteiger partial charge in [-0.1, -0.05) is 18.2 Å². The van der Waals surface area contributed by atoms with Gasteiger partial charge in [0.2, 0.25) is 11.8 Å². The maximum absolute atomic E-state index is 12.4. The summed E-state index contributed by atoms with van der Waals surface area (Å²) in [6.07, 6.45) is 2.82. The molecule has 0 aliphatic heterocycles. The molecule has 0 radical (unpaired) electrons. The zero-order chi connectivity index (χ0) is 14.8. The van der Waals surface area contributed by atoms with Gasteiger partial charge in [0.1, 0.15) is 5.41 Å². The lowest BCUT2D eigenvalue weighted by atomic mass is 10.0. The van der Waals surface area contributed by atoms with Gasteiger partial charge in [-0.3, -0.25) is 9.59 Å². The maximum atomic E-state index is 12.4. The zero-order valence-electron chi connectivity index (χ0n) is 12.0. The van der Waals surface area contributed by atoms with E-state index in [0.717, 1.165) is 16.8 Å². The highest BCUT2D eigenvalue weighted by atomic mass is 16.2. The quantitative estimate of drug-likeness (QED) is 0.638. The Balaban J connectivity index is 2.10. The number of benzene rings is 1. The molecule has 0 spiro atoms. The number of hydrogen-bond donors (Lipinski definition) is 2. The van der Waals surface area contributed by atoms with E-state index in [9.17, 15) is 9.59 Å². The van der Waals surface area contributed by atoms with Crippen molar-refractivity contribution in [1.29, 1.82) is 0 Å². The molecule has 0 saturated heterocycles. The van der Waals surface area contributed by atoms with Crippen LogP contribution in [-0.2, 0) is 9.59 Å². The number of aryl methyl sites for hydroxylation is 1. The van der Waals surface area contributed by atoms with Gasteiger partial charge in [0.15, 0.2) is 0 Å². The first-order valence-electron chi connectivity index (χ1n) is 6.78. The van der Waals surface area contributed by atoms with Crippen LogP contribution >= 0.6 is 0 Å². The molecule has 2 rings (SSSR count). The molecule has 20 heavy (non-hydrogen) atoms. The fourth-order valence-electron chi connectivity index (χ4n) is 2.14. The van der Waals surface area contributed by atoms with Gasteiger partial charge in [0.05, 0.1) is 0 Å². The molecule has 0 atom stereocenters. The first-order valence-corrected chi connectivity index (χ1v) is 6.78. The van der Waals surface area contributed by atoms with Gasteiger partial charge >= 0.3 is 0 Å². The third-order valence-corrected chi connectivity index (χ3v) is 3.88. The molecule has 0 unspecified atom stereocenters. The fourth-order valence-corrected chi connectivity index (χ4v) is 2.14. The van der Waals surface area contributed by atoms with Crippen LogP contribution in [0.4, 0.5) is 5.69 Å². The summed E-state index contributed by atoms with van der Waals surface area (Å²) in [4.78, 5) is 24.4. The summed E-state index contributed by atoms with van der Waals surface area (Å²) in [6.45, 7) is 7.90. The second kappa shape index (κ2) is 5.49. The number of amides is 2. The van der Waals surface area contributed by atoms with Gasteiger partial charge in [0, 0.05) is 12.2 Å². The third-order valence-electron chi connectivity index (χ3n) is 3.88. The van der Waals surface area contributed by atoms with Crippen LogP contribution in [0.25, 0.3) is 0 Å². The molecule has 1 aromatic rings. The monoisotopic (exact) mass is 272 g/mol. The number of rotatable bonds is 5. The Bertz CT molecular complexity index is 560. The Morgan fingerprint density at radius 1 is 1.30 bits per heavy atom. The Kier molecular flexibility index (Phi) is 3.93. The highest BCUT2D eigenvalue weighted by Crippen LogP contribution is 2.47. The summed E-state index contributed by atoms with van der Waals surface area (Å²) in [5.74, 6) is -0.423. The first-order chi connectivity index (χ1) is 9.51. The van der Waals surface area contributed by atoms with Crippen LogP contribution in [0.3, 0.4) is 0 Å². The molecular weight excluding hydrogens is 252 g/mol. The van der Waals surface area contributed by atoms with Gasteiger partial charge in [-0.25, -0.2) is 0 Å². The molecule has 1 aromatic carbocycles. The highest BCUT2D eigenvalue weighted by Gasteiger charge is 2.56. The van der Waals surface area contributed by atoms with Crippen LogP contribution in [0.2, 0.25) is 0 Å². The van der Waals surface area contributed by atoms with E-state index in [2.05, 4.69) is 17.2 Å². The van der Waals surface area contributed by atoms with Crippen molar-refractivity contribution in [3.8, 4) is 0 Å². The lowest BCUT2D eigenvalue weighted by Crippen LogP contribution is -2.40. The SMILES string of the molecule is C=CCNC(=O)C1(C(=O)Nc2cccc(C)c2C)CC1. The van der Waals surface area contributed by atoms with Gasteiger partial charge in [-0.15, -0.1) is 6.58 Å². The molecule has 1 fully saturated rings. The van der Waals surface area contributed by atoms with E-state index in [4.69, 9.17) is 0 Å².